The van der Waals surface area contributed by atoms with E-state index in [-0.39, 0.29) is 5.91 Å². The number of aromatic amines is 1. The molecule has 1 aliphatic carbocycles. The van der Waals surface area contributed by atoms with Gasteiger partial charge in [-0.1, -0.05) is 41.9 Å². The van der Waals surface area contributed by atoms with Gasteiger partial charge in [-0.05, 0) is 30.9 Å². The second-order valence-corrected chi connectivity index (χ2v) is 5.46. The molecule has 0 saturated heterocycles. The quantitative estimate of drug-likeness (QED) is 0.673. The van der Waals surface area contributed by atoms with Gasteiger partial charge in [-0.15, -0.1) is 0 Å². The fourth-order valence-corrected chi connectivity index (χ4v) is 2.63. The molecule has 112 valence electrons. The molecule has 0 aliphatic heterocycles. The molecule has 0 atom stereocenters. The number of nitrogens with zero attached hydrogens (tertiary/aromatic N) is 2. The van der Waals surface area contributed by atoms with Crippen molar-refractivity contribution in [1.82, 2.24) is 15.6 Å². The highest BCUT2D eigenvalue weighted by Crippen LogP contribution is 2.22. The summed E-state index contributed by atoms with van der Waals surface area (Å²) in [5.41, 5.74) is 5.90. The molecule has 22 heavy (non-hydrogen) atoms. The van der Waals surface area contributed by atoms with Crippen LogP contribution in [0.3, 0.4) is 0 Å². The average Bonchev–Trinajstić information content (AvgIpc) is 3.10. The number of carbonyl (C=O) groups excluding carboxylic acids is 1. The Kier molecular flexibility index (Phi) is 4.34. The van der Waals surface area contributed by atoms with Crippen molar-refractivity contribution in [2.45, 2.75) is 19.3 Å². The monoisotopic (exact) mass is 314 g/mol. The highest BCUT2D eigenvalue weighted by molar-refractivity contribution is 6.41. The van der Waals surface area contributed by atoms with E-state index < -0.39 is 0 Å². The van der Waals surface area contributed by atoms with Crippen LogP contribution in [-0.2, 0) is 12.8 Å². The summed E-state index contributed by atoms with van der Waals surface area (Å²) in [5.74, 6) is -0.320. The van der Waals surface area contributed by atoms with Crippen LogP contribution in [0.1, 0.15) is 33.7 Å². The first-order valence-corrected chi connectivity index (χ1v) is 7.43. The lowest BCUT2D eigenvalue weighted by Gasteiger charge is -1.98. The van der Waals surface area contributed by atoms with Crippen molar-refractivity contribution in [3.63, 3.8) is 0 Å². The molecule has 0 unspecified atom stereocenters. The van der Waals surface area contributed by atoms with Crippen molar-refractivity contribution < 1.29 is 4.79 Å². The molecule has 2 N–H and O–H groups in total. The first-order chi connectivity index (χ1) is 10.7. The lowest BCUT2D eigenvalue weighted by Crippen LogP contribution is -2.19. The Morgan fingerprint density at radius 1 is 1.32 bits per heavy atom. The maximum Gasteiger partial charge on any atom is 0.292 e. The molecule has 1 aromatic carbocycles. The summed E-state index contributed by atoms with van der Waals surface area (Å²) in [5, 5.41) is 11.2. The van der Waals surface area contributed by atoms with Gasteiger partial charge < -0.3 is 0 Å². The van der Waals surface area contributed by atoms with E-state index in [1.54, 1.807) is 6.08 Å². The summed E-state index contributed by atoms with van der Waals surface area (Å²) in [6.07, 6.45) is 6.05. The number of allylic oxidation sites excluding steroid dienone is 1. The number of hydrogen-bond acceptors (Lipinski definition) is 3. The summed E-state index contributed by atoms with van der Waals surface area (Å²) in [4.78, 5) is 12.0. The van der Waals surface area contributed by atoms with Gasteiger partial charge in [0.05, 0.1) is 11.2 Å². The van der Waals surface area contributed by atoms with Gasteiger partial charge in [0, 0.05) is 11.3 Å². The highest BCUT2D eigenvalue weighted by Gasteiger charge is 2.22. The number of halogens is 1. The molecule has 0 spiro atoms. The topological polar surface area (TPSA) is 70.1 Å². The maximum atomic E-state index is 12.0. The van der Waals surface area contributed by atoms with Crippen LogP contribution in [0.5, 0.6) is 0 Å². The minimum atomic E-state index is -0.320. The van der Waals surface area contributed by atoms with Crippen LogP contribution in [0, 0.1) is 0 Å². The van der Waals surface area contributed by atoms with E-state index in [0.29, 0.717) is 10.7 Å². The standard InChI is InChI=1S/C16H15ClN4O/c17-12(9-11-5-2-1-3-6-11)10-18-21-16(22)15-13-7-4-8-14(13)19-20-15/h1-3,5-6,9-10H,4,7-8H2,(H,19,20)(H,21,22)/b12-9-,18-10+. The number of fused-ring (bicyclic) bond motifs is 1. The Labute approximate surface area is 133 Å². The van der Waals surface area contributed by atoms with Crippen LogP contribution >= 0.6 is 11.6 Å². The summed E-state index contributed by atoms with van der Waals surface area (Å²) >= 11 is 6.06. The van der Waals surface area contributed by atoms with E-state index >= 15 is 0 Å². The minimum absolute atomic E-state index is 0.320. The largest absolute Gasteiger partial charge is 0.292 e. The Morgan fingerprint density at radius 3 is 2.95 bits per heavy atom. The SMILES string of the molecule is O=C(N/N=C/C(Cl)=C/c1ccccc1)c1n[nH]c2c1CCC2. The number of aryl methyl sites for hydroxylation is 1. The Balaban J connectivity index is 1.62. The van der Waals surface area contributed by atoms with Crippen molar-refractivity contribution in [3.05, 3.63) is 57.9 Å². The third-order valence-electron chi connectivity index (χ3n) is 3.48. The number of rotatable bonds is 4. The van der Waals surface area contributed by atoms with Crippen LogP contribution in [-0.4, -0.2) is 22.3 Å². The molecule has 0 fully saturated rings. The van der Waals surface area contributed by atoms with Crippen molar-refractivity contribution in [1.29, 1.82) is 0 Å². The smallest absolute Gasteiger partial charge is 0.281 e. The predicted octanol–water partition coefficient (Wildman–Crippen LogP) is 2.89. The van der Waals surface area contributed by atoms with Crippen LogP contribution in [0.15, 0.2) is 40.5 Å². The van der Waals surface area contributed by atoms with Gasteiger partial charge in [-0.25, -0.2) is 5.43 Å². The normalized spacial score (nSPS) is 14.3. The van der Waals surface area contributed by atoms with Crippen LogP contribution in [0.2, 0.25) is 0 Å². The van der Waals surface area contributed by atoms with Gasteiger partial charge in [0.15, 0.2) is 5.69 Å². The Morgan fingerprint density at radius 2 is 2.14 bits per heavy atom. The number of hydrogen-bond donors (Lipinski definition) is 2. The molecule has 2 aromatic rings. The summed E-state index contributed by atoms with van der Waals surface area (Å²) in [6.45, 7) is 0. The molecule has 1 aromatic heterocycles. The fraction of sp³-hybridized carbons (Fsp3) is 0.188. The lowest BCUT2D eigenvalue weighted by atomic mass is 10.2. The zero-order valence-electron chi connectivity index (χ0n) is 11.8. The van der Waals surface area contributed by atoms with Gasteiger partial charge in [-0.2, -0.15) is 10.2 Å². The number of amides is 1. The van der Waals surface area contributed by atoms with E-state index in [1.165, 1.54) is 6.21 Å². The third-order valence-corrected chi connectivity index (χ3v) is 3.69. The average molecular weight is 315 g/mol. The third kappa shape index (κ3) is 3.26. The van der Waals surface area contributed by atoms with Crippen molar-refractivity contribution in [2.24, 2.45) is 5.10 Å². The number of H-pyrrole nitrogens is 1. The first kappa shape index (κ1) is 14.5. The van der Waals surface area contributed by atoms with Crippen molar-refractivity contribution >= 4 is 29.8 Å². The van der Waals surface area contributed by atoms with E-state index in [2.05, 4.69) is 20.7 Å². The zero-order valence-corrected chi connectivity index (χ0v) is 12.6. The van der Waals surface area contributed by atoms with E-state index in [1.807, 2.05) is 30.3 Å². The summed E-state index contributed by atoms with van der Waals surface area (Å²) < 4.78 is 0. The molecular formula is C16H15ClN4O. The Bertz CT molecular complexity index is 734. The van der Waals surface area contributed by atoms with Crippen LogP contribution < -0.4 is 5.43 Å². The van der Waals surface area contributed by atoms with Crippen molar-refractivity contribution in [3.8, 4) is 0 Å². The van der Waals surface area contributed by atoms with Crippen LogP contribution in [0.25, 0.3) is 6.08 Å². The molecule has 0 saturated carbocycles. The maximum absolute atomic E-state index is 12.0. The van der Waals surface area contributed by atoms with Gasteiger partial charge in [-0.3, -0.25) is 9.89 Å². The fourth-order valence-electron chi connectivity index (χ4n) is 2.46. The number of nitrogens with one attached hydrogen (secondary N) is 2. The second kappa shape index (κ2) is 6.58. The summed E-state index contributed by atoms with van der Waals surface area (Å²) in [6, 6.07) is 9.64. The number of hydrazone groups is 1. The number of carbonyl (C=O) groups is 1. The molecule has 3 rings (SSSR count). The molecule has 0 radical (unpaired) electrons. The molecule has 5 nitrogen and oxygen atoms in total. The summed E-state index contributed by atoms with van der Waals surface area (Å²) in [7, 11) is 0. The van der Waals surface area contributed by atoms with Gasteiger partial charge in [0.2, 0.25) is 0 Å². The zero-order chi connectivity index (χ0) is 15.4. The molecular weight excluding hydrogens is 300 g/mol. The van der Waals surface area contributed by atoms with E-state index in [4.69, 9.17) is 11.6 Å². The molecule has 1 amide bonds. The van der Waals surface area contributed by atoms with Crippen molar-refractivity contribution in [2.75, 3.05) is 0 Å². The van der Waals surface area contributed by atoms with Gasteiger partial charge in [0.25, 0.3) is 5.91 Å². The highest BCUT2D eigenvalue weighted by atomic mass is 35.5. The number of benzene rings is 1. The predicted molar refractivity (Wildman–Crippen MR) is 86.8 cm³/mol. The van der Waals surface area contributed by atoms with E-state index in [9.17, 15) is 4.79 Å². The van der Waals surface area contributed by atoms with Crippen LogP contribution in [0.4, 0.5) is 0 Å². The van der Waals surface area contributed by atoms with E-state index in [0.717, 1.165) is 36.1 Å². The molecule has 1 aliphatic rings. The Hall–Kier alpha value is -2.40. The van der Waals surface area contributed by atoms with Gasteiger partial charge >= 0.3 is 0 Å². The van der Waals surface area contributed by atoms with Gasteiger partial charge in [0.1, 0.15) is 0 Å². The molecule has 0 bridgehead atoms. The number of aromatic nitrogens is 2. The minimum Gasteiger partial charge on any atom is -0.281 e. The lowest BCUT2D eigenvalue weighted by molar-refractivity contribution is 0.0949. The molecule has 1 heterocycles. The first-order valence-electron chi connectivity index (χ1n) is 7.06. The second-order valence-electron chi connectivity index (χ2n) is 5.02. The molecule has 6 heteroatoms.